The highest BCUT2D eigenvalue weighted by molar-refractivity contribution is 6.34. The third-order valence-corrected chi connectivity index (χ3v) is 4.65. The van der Waals surface area contributed by atoms with Gasteiger partial charge < -0.3 is 19.9 Å². The van der Waals surface area contributed by atoms with Crippen molar-refractivity contribution in [2.24, 2.45) is 0 Å². The maximum absolute atomic E-state index is 12.5. The molecule has 1 saturated heterocycles. The number of nitrogens with zero attached hydrogens (tertiary/aromatic N) is 1. The van der Waals surface area contributed by atoms with Crippen molar-refractivity contribution in [2.75, 3.05) is 19.0 Å². The molecule has 1 aromatic heterocycles. The molecular weight excluding hydrogens is 372 g/mol. The van der Waals surface area contributed by atoms with Crippen LogP contribution in [0.1, 0.15) is 39.8 Å². The zero-order valence-corrected chi connectivity index (χ0v) is 15.5. The lowest BCUT2D eigenvalue weighted by atomic mass is 10.2. The van der Waals surface area contributed by atoms with Gasteiger partial charge in [0.1, 0.15) is 5.56 Å². The summed E-state index contributed by atoms with van der Waals surface area (Å²) in [4.78, 5) is 24.1. The van der Waals surface area contributed by atoms with Gasteiger partial charge in [0, 0.05) is 18.2 Å². The Bertz CT molecular complexity index is 858. The Morgan fingerprint density at radius 1 is 1.37 bits per heavy atom. The number of halogens is 1. The van der Waals surface area contributed by atoms with Gasteiger partial charge in [-0.3, -0.25) is 4.79 Å². The fraction of sp³-hybridized carbons (Fsp3) is 0.316. The highest BCUT2D eigenvalue weighted by atomic mass is 35.5. The maximum Gasteiger partial charge on any atom is 0.339 e. The normalized spacial score (nSPS) is 18.9. The number of aliphatic hydroxyl groups is 1. The van der Waals surface area contributed by atoms with Crippen molar-refractivity contribution in [2.45, 2.75) is 25.2 Å². The van der Waals surface area contributed by atoms with Crippen LogP contribution in [0.3, 0.4) is 0 Å². The van der Waals surface area contributed by atoms with E-state index in [1.54, 1.807) is 24.4 Å². The number of esters is 1. The number of rotatable bonds is 5. The van der Waals surface area contributed by atoms with Crippen LogP contribution in [-0.4, -0.2) is 36.8 Å². The lowest BCUT2D eigenvalue weighted by Crippen LogP contribution is -2.40. The van der Waals surface area contributed by atoms with Crippen molar-refractivity contribution in [3.8, 4) is 0 Å². The Labute approximate surface area is 161 Å². The predicted octanol–water partition coefficient (Wildman–Crippen LogP) is 2.34. The van der Waals surface area contributed by atoms with Crippen LogP contribution in [0.4, 0.5) is 5.69 Å². The van der Waals surface area contributed by atoms with Gasteiger partial charge in [-0.15, -0.1) is 0 Å². The summed E-state index contributed by atoms with van der Waals surface area (Å²) >= 11 is 6.08. The number of anilines is 1. The molecule has 2 unspecified atom stereocenters. The molecule has 1 aliphatic heterocycles. The van der Waals surface area contributed by atoms with Gasteiger partial charge in [0.05, 0.1) is 30.4 Å². The summed E-state index contributed by atoms with van der Waals surface area (Å²) in [5.41, 5.74) is 1.14. The van der Waals surface area contributed by atoms with Crippen molar-refractivity contribution in [1.29, 1.82) is 0 Å². The number of carbonyl (C=O) groups is 2. The van der Waals surface area contributed by atoms with Gasteiger partial charge in [-0.1, -0.05) is 11.6 Å². The third-order valence-electron chi connectivity index (χ3n) is 4.34. The van der Waals surface area contributed by atoms with Gasteiger partial charge in [0.15, 0.2) is 12.4 Å². The Morgan fingerprint density at radius 2 is 2.19 bits per heavy atom. The van der Waals surface area contributed by atoms with Crippen molar-refractivity contribution in [3.05, 3.63) is 58.9 Å². The number of hydrogen-bond acceptors (Lipinski definition) is 5. The van der Waals surface area contributed by atoms with E-state index >= 15 is 0 Å². The van der Waals surface area contributed by atoms with Crippen LogP contribution < -0.4 is 9.88 Å². The quantitative estimate of drug-likeness (QED) is 0.603. The molecule has 8 heteroatoms. The first kappa shape index (κ1) is 19.3. The molecule has 1 aromatic carbocycles. The molecule has 2 heterocycles. The average molecular weight is 392 g/mol. The predicted molar refractivity (Wildman–Crippen MR) is 97.6 cm³/mol. The molecule has 142 valence electrons. The van der Waals surface area contributed by atoms with Crippen LogP contribution in [-0.2, 0) is 9.47 Å². The number of methoxy groups -OCH3 is 1. The van der Waals surface area contributed by atoms with Crippen molar-refractivity contribution in [1.82, 2.24) is 0 Å². The number of carbonyl (C=O) groups excluding carboxylic acids is 2. The van der Waals surface area contributed by atoms with E-state index in [0.717, 1.165) is 12.8 Å². The topological polar surface area (TPSA) is 88.7 Å². The molecule has 0 spiro atoms. The fourth-order valence-electron chi connectivity index (χ4n) is 2.92. The van der Waals surface area contributed by atoms with Crippen LogP contribution in [0.25, 0.3) is 0 Å². The van der Waals surface area contributed by atoms with E-state index in [-0.39, 0.29) is 35.4 Å². The minimum atomic E-state index is -0.542. The second-order valence-corrected chi connectivity index (χ2v) is 6.56. The SMILES string of the molecule is COC(=O)c1ccc(NC(=O)c2ccc[n+](C3CCC(CO)O3)c2)cc1Cl. The van der Waals surface area contributed by atoms with E-state index in [2.05, 4.69) is 10.1 Å². The summed E-state index contributed by atoms with van der Waals surface area (Å²) in [6.45, 7) is -0.0143. The molecule has 0 aliphatic carbocycles. The number of amides is 1. The number of nitrogens with one attached hydrogen (secondary N) is 1. The first-order valence-corrected chi connectivity index (χ1v) is 8.86. The Hall–Kier alpha value is -2.48. The Kier molecular flexibility index (Phi) is 6.05. The second-order valence-electron chi connectivity index (χ2n) is 6.15. The van der Waals surface area contributed by atoms with Crippen molar-refractivity contribution in [3.63, 3.8) is 0 Å². The average Bonchev–Trinajstić information content (AvgIpc) is 3.17. The summed E-state index contributed by atoms with van der Waals surface area (Å²) in [6, 6.07) is 8.02. The Balaban J connectivity index is 1.72. The van der Waals surface area contributed by atoms with Crippen molar-refractivity contribution < 1.29 is 28.7 Å². The number of ether oxygens (including phenoxy) is 2. The zero-order valence-electron chi connectivity index (χ0n) is 14.7. The highest BCUT2D eigenvalue weighted by Gasteiger charge is 2.31. The molecule has 7 nitrogen and oxygen atoms in total. The second kappa shape index (κ2) is 8.47. The van der Waals surface area contributed by atoms with E-state index in [1.165, 1.54) is 19.2 Å². The van der Waals surface area contributed by atoms with E-state index in [0.29, 0.717) is 11.3 Å². The highest BCUT2D eigenvalue weighted by Crippen LogP contribution is 2.24. The summed E-state index contributed by atoms with van der Waals surface area (Å²) in [6.07, 6.45) is 4.69. The molecule has 0 radical (unpaired) electrons. The lowest BCUT2D eigenvalue weighted by Gasteiger charge is -2.10. The van der Waals surface area contributed by atoms with E-state index in [9.17, 15) is 14.7 Å². The maximum atomic E-state index is 12.5. The van der Waals surface area contributed by atoms with Crippen molar-refractivity contribution >= 4 is 29.2 Å². The van der Waals surface area contributed by atoms with Crippen LogP contribution in [0.15, 0.2) is 42.7 Å². The van der Waals surface area contributed by atoms with Crippen LogP contribution in [0, 0.1) is 0 Å². The van der Waals surface area contributed by atoms with Gasteiger partial charge in [-0.25, -0.2) is 4.79 Å². The number of aliphatic hydroxyl groups excluding tert-OH is 1. The van der Waals surface area contributed by atoms with Gasteiger partial charge in [-0.2, -0.15) is 4.57 Å². The molecule has 2 N–H and O–H groups in total. The van der Waals surface area contributed by atoms with Crippen LogP contribution in [0.5, 0.6) is 0 Å². The molecule has 2 atom stereocenters. The molecule has 1 aliphatic rings. The van der Waals surface area contributed by atoms with Crippen LogP contribution in [0.2, 0.25) is 5.02 Å². The third kappa shape index (κ3) is 4.44. The van der Waals surface area contributed by atoms with E-state index in [1.807, 2.05) is 10.8 Å². The van der Waals surface area contributed by atoms with E-state index in [4.69, 9.17) is 16.3 Å². The minimum Gasteiger partial charge on any atom is -0.465 e. The molecular formula is C19H20ClN2O5+. The van der Waals surface area contributed by atoms with E-state index < -0.39 is 5.97 Å². The first-order chi connectivity index (χ1) is 13.0. The molecule has 3 rings (SSSR count). The smallest absolute Gasteiger partial charge is 0.339 e. The zero-order chi connectivity index (χ0) is 19.4. The van der Waals surface area contributed by atoms with Gasteiger partial charge in [0.2, 0.25) is 0 Å². The number of pyridine rings is 1. The summed E-state index contributed by atoms with van der Waals surface area (Å²) < 4.78 is 12.2. The van der Waals surface area contributed by atoms with Gasteiger partial charge in [-0.05, 0) is 30.7 Å². The fourth-order valence-corrected chi connectivity index (χ4v) is 3.18. The first-order valence-electron chi connectivity index (χ1n) is 8.48. The monoisotopic (exact) mass is 391 g/mol. The van der Waals surface area contributed by atoms with Gasteiger partial charge in [0.25, 0.3) is 12.1 Å². The molecule has 0 saturated carbocycles. The molecule has 0 bridgehead atoms. The summed E-state index contributed by atoms with van der Waals surface area (Å²) in [7, 11) is 1.27. The molecule has 2 aromatic rings. The number of benzene rings is 1. The Morgan fingerprint density at radius 3 is 2.85 bits per heavy atom. The van der Waals surface area contributed by atoms with Gasteiger partial charge >= 0.3 is 5.97 Å². The lowest BCUT2D eigenvalue weighted by molar-refractivity contribution is -0.759. The molecule has 1 amide bonds. The number of hydrogen-bond donors (Lipinski definition) is 2. The van der Waals surface area contributed by atoms with Crippen LogP contribution >= 0.6 is 11.6 Å². The number of aromatic nitrogens is 1. The standard InChI is InChI=1S/C19H19ClN2O5/c1-26-19(25)15-6-4-13(9-16(15)20)21-18(24)12-3-2-8-22(10-12)17-7-5-14(11-23)27-17/h2-4,6,8-10,14,17,23H,5,7,11H2,1H3/p+1. The molecule has 27 heavy (non-hydrogen) atoms. The molecule has 1 fully saturated rings. The minimum absolute atomic E-state index is 0.0143. The largest absolute Gasteiger partial charge is 0.465 e. The summed E-state index contributed by atoms with van der Waals surface area (Å²) in [5.74, 6) is -0.859. The summed E-state index contributed by atoms with van der Waals surface area (Å²) in [5, 5.41) is 12.1.